The van der Waals surface area contributed by atoms with Crippen molar-refractivity contribution in [1.29, 1.82) is 0 Å². The van der Waals surface area contributed by atoms with Crippen LogP contribution in [-0.2, 0) is 12.8 Å². The third-order valence-corrected chi connectivity index (χ3v) is 5.17. The molecule has 1 unspecified atom stereocenters. The Hall–Kier alpha value is -0.550. The molecule has 2 heterocycles. The first-order valence-electron chi connectivity index (χ1n) is 5.99. The van der Waals surface area contributed by atoms with Crippen LogP contribution >= 0.6 is 38.9 Å². The molecule has 0 saturated carbocycles. The minimum atomic E-state index is -0.525. The van der Waals surface area contributed by atoms with Gasteiger partial charge >= 0.3 is 0 Å². The lowest BCUT2D eigenvalue weighted by Gasteiger charge is -2.12. The van der Waals surface area contributed by atoms with Gasteiger partial charge in [-0.15, -0.1) is 11.3 Å². The van der Waals surface area contributed by atoms with E-state index in [1.54, 1.807) is 11.3 Å². The molecule has 1 atom stereocenters. The van der Waals surface area contributed by atoms with Crippen molar-refractivity contribution in [2.75, 3.05) is 6.61 Å². The van der Waals surface area contributed by atoms with Gasteiger partial charge in [0.05, 0.1) is 12.7 Å². The molecule has 3 rings (SSSR count). The van der Waals surface area contributed by atoms with Crippen LogP contribution in [0, 0.1) is 0 Å². The van der Waals surface area contributed by atoms with Gasteiger partial charge in [-0.05, 0) is 45.3 Å². The fourth-order valence-electron chi connectivity index (χ4n) is 2.31. The largest absolute Gasteiger partial charge is 0.493 e. The summed E-state index contributed by atoms with van der Waals surface area (Å²) >= 11 is 11.1. The van der Waals surface area contributed by atoms with Crippen molar-refractivity contribution < 1.29 is 9.84 Å². The van der Waals surface area contributed by atoms with Crippen molar-refractivity contribution in [3.8, 4) is 5.75 Å². The van der Waals surface area contributed by atoms with Crippen molar-refractivity contribution in [3.05, 3.63) is 49.1 Å². The normalized spacial score (nSPS) is 15.1. The van der Waals surface area contributed by atoms with E-state index >= 15 is 0 Å². The first kappa shape index (κ1) is 13.4. The Balaban J connectivity index is 1.87. The summed E-state index contributed by atoms with van der Waals surface area (Å²) in [6.45, 7) is 0.698. The standard InChI is InChI=1S/C14H12BrClO2S/c15-10-6-13(19-7-10)12(17)5-9-4-11(16)3-8-1-2-18-14(8)9/h3-4,6-7,12,17H,1-2,5H2. The highest BCUT2D eigenvalue weighted by molar-refractivity contribution is 9.10. The molecule has 0 fully saturated rings. The van der Waals surface area contributed by atoms with Crippen LogP contribution in [0.4, 0.5) is 0 Å². The van der Waals surface area contributed by atoms with Crippen LogP contribution in [0.1, 0.15) is 22.1 Å². The van der Waals surface area contributed by atoms with E-state index in [4.69, 9.17) is 16.3 Å². The Morgan fingerprint density at radius 2 is 2.26 bits per heavy atom. The molecular formula is C14H12BrClO2S. The van der Waals surface area contributed by atoms with E-state index in [1.807, 2.05) is 23.6 Å². The summed E-state index contributed by atoms with van der Waals surface area (Å²) in [6.07, 6.45) is 0.891. The van der Waals surface area contributed by atoms with Gasteiger partial charge in [0.2, 0.25) is 0 Å². The van der Waals surface area contributed by atoms with Crippen LogP contribution in [0.25, 0.3) is 0 Å². The summed E-state index contributed by atoms with van der Waals surface area (Å²) in [5.41, 5.74) is 2.12. The average Bonchev–Trinajstić information content (AvgIpc) is 2.97. The minimum absolute atomic E-state index is 0.524. The summed E-state index contributed by atoms with van der Waals surface area (Å²) in [7, 11) is 0. The summed E-state index contributed by atoms with van der Waals surface area (Å²) < 4.78 is 6.65. The predicted octanol–water partition coefficient (Wildman–Crippen LogP) is 4.38. The van der Waals surface area contributed by atoms with E-state index < -0.39 is 6.10 Å². The van der Waals surface area contributed by atoms with Crippen molar-refractivity contribution >= 4 is 38.9 Å². The molecule has 5 heteroatoms. The molecule has 1 aromatic heterocycles. The molecule has 0 radical (unpaired) electrons. The second-order valence-corrected chi connectivity index (χ2v) is 6.83. The maximum absolute atomic E-state index is 10.3. The maximum Gasteiger partial charge on any atom is 0.126 e. The number of ether oxygens (including phenoxy) is 1. The third kappa shape index (κ3) is 2.82. The van der Waals surface area contributed by atoms with E-state index in [2.05, 4.69) is 15.9 Å². The number of hydrogen-bond donors (Lipinski definition) is 1. The van der Waals surface area contributed by atoms with Crippen molar-refractivity contribution in [3.63, 3.8) is 0 Å². The highest BCUT2D eigenvalue weighted by Gasteiger charge is 2.20. The van der Waals surface area contributed by atoms with Gasteiger partial charge in [-0.1, -0.05) is 11.6 Å². The number of fused-ring (bicyclic) bond motifs is 1. The molecule has 0 aliphatic carbocycles. The fraction of sp³-hybridized carbons (Fsp3) is 0.286. The molecule has 100 valence electrons. The number of rotatable bonds is 3. The molecule has 1 aliphatic rings. The SMILES string of the molecule is OC(Cc1cc(Cl)cc2c1OCC2)c1cc(Br)cs1. The smallest absolute Gasteiger partial charge is 0.126 e. The van der Waals surface area contributed by atoms with Crippen LogP contribution in [0.5, 0.6) is 5.75 Å². The molecule has 1 N–H and O–H groups in total. The summed E-state index contributed by atoms with van der Waals surface area (Å²) in [4.78, 5) is 0.943. The minimum Gasteiger partial charge on any atom is -0.493 e. The van der Waals surface area contributed by atoms with Gasteiger partial charge in [0.25, 0.3) is 0 Å². The highest BCUT2D eigenvalue weighted by Crippen LogP contribution is 2.36. The van der Waals surface area contributed by atoms with Crippen LogP contribution in [-0.4, -0.2) is 11.7 Å². The fourth-order valence-corrected chi connectivity index (χ4v) is 4.00. The Bertz CT molecular complexity index is 611. The summed E-state index contributed by atoms with van der Waals surface area (Å²) in [6, 6.07) is 5.78. The highest BCUT2D eigenvalue weighted by atomic mass is 79.9. The summed E-state index contributed by atoms with van der Waals surface area (Å²) in [5.74, 6) is 0.902. The van der Waals surface area contributed by atoms with Crippen molar-refractivity contribution in [2.24, 2.45) is 0 Å². The van der Waals surface area contributed by atoms with Crippen LogP contribution in [0.2, 0.25) is 5.02 Å². The topological polar surface area (TPSA) is 29.5 Å². The molecule has 2 nitrogen and oxygen atoms in total. The van der Waals surface area contributed by atoms with E-state index in [-0.39, 0.29) is 0 Å². The van der Waals surface area contributed by atoms with Gasteiger partial charge in [0.15, 0.2) is 0 Å². The lowest BCUT2D eigenvalue weighted by molar-refractivity contribution is 0.181. The Morgan fingerprint density at radius 1 is 1.42 bits per heavy atom. The first-order chi connectivity index (χ1) is 9.13. The molecule has 19 heavy (non-hydrogen) atoms. The molecule has 0 spiro atoms. The molecular weight excluding hydrogens is 348 g/mol. The number of hydrogen-bond acceptors (Lipinski definition) is 3. The molecule has 2 aromatic rings. The lowest BCUT2D eigenvalue weighted by Crippen LogP contribution is -2.01. The van der Waals surface area contributed by atoms with E-state index in [9.17, 15) is 5.11 Å². The second-order valence-electron chi connectivity index (χ2n) is 4.54. The zero-order valence-electron chi connectivity index (χ0n) is 10.0. The molecule has 0 amide bonds. The van der Waals surface area contributed by atoms with E-state index in [0.717, 1.165) is 32.6 Å². The summed E-state index contributed by atoms with van der Waals surface area (Å²) in [5, 5.41) is 13.0. The monoisotopic (exact) mass is 358 g/mol. The zero-order chi connectivity index (χ0) is 13.4. The third-order valence-electron chi connectivity index (χ3n) is 3.15. The number of aliphatic hydroxyl groups is 1. The van der Waals surface area contributed by atoms with Crippen molar-refractivity contribution in [2.45, 2.75) is 18.9 Å². The van der Waals surface area contributed by atoms with E-state index in [1.165, 1.54) is 0 Å². The molecule has 1 aromatic carbocycles. The molecule has 0 saturated heterocycles. The van der Waals surface area contributed by atoms with Gasteiger partial charge in [-0.25, -0.2) is 0 Å². The first-order valence-corrected chi connectivity index (χ1v) is 8.04. The quantitative estimate of drug-likeness (QED) is 0.881. The van der Waals surface area contributed by atoms with Gasteiger partial charge in [0.1, 0.15) is 5.75 Å². The van der Waals surface area contributed by atoms with Crippen LogP contribution < -0.4 is 4.74 Å². The zero-order valence-corrected chi connectivity index (χ0v) is 13.2. The lowest BCUT2D eigenvalue weighted by atomic mass is 10.0. The number of halogens is 2. The predicted molar refractivity (Wildman–Crippen MR) is 81.3 cm³/mol. The molecule has 0 bridgehead atoms. The van der Waals surface area contributed by atoms with Gasteiger partial charge in [-0.2, -0.15) is 0 Å². The second kappa shape index (κ2) is 5.44. The Labute approximate surface area is 129 Å². The van der Waals surface area contributed by atoms with Crippen molar-refractivity contribution in [1.82, 2.24) is 0 Å². The number of thiophene rings is 1. The van der Waals surface area contributed by atoms with Gasteiger partial charge in [0, 0.05) is 32.6 Å². The Kier molecular flexibility index (Phi) is 3.85. The van der Waals surface area contributed by atoms with E-state index in [0.29, 0.717) is 18.1 Å². The van der Waals surface area contributed by atoms with Gasteiger partial charge < -0.3 is 9.84 Å². The number of aliphatic hydroxyl groups excluding tert-OH is 1. The van der Waals surface area contributed by atoms with Gasteiger partial charge in [-0.3, -0.25) is 0 Å². The number of benzene rings is 1. The average molecular weight is 360 g/mol. The molecule has 1 aliphatic heterocycles. The van der Waals surface area contributed by atoms with Crippen LogP contribution in [0.3, 0.4) is 0 Å². The maximum atomic E-state index is 10.3. The Morgan fingerprint density at radius 3 is 3.00 bits per heavy atom. The van der Waals surface area contributed by atoms with Crippen LogP contribution in [0.15, 0.2) is 28.1 Å².